The fraction of sp³-hybridized carbons (Fsp3) is 1.00. The maximum atomic E-state index is 11.7. The number of likely N-dealkylation sites (tertiary alicyclic amines) is 1. The van der Waals surface area contributed by atoms with Crippen molar-refractivity contribution >= 4 is 22.2 Å². The Morgan fingerprint density at radius 1 is 1.28 bits per heavy atom. The molecule has 0 aliphatic carbocycles. The largest absolute Gasteiger partial charge is 0.319 e. The quantitative estimate of drug-likeness (QED) is 0.799. The zero-order valence-corrected chi connectivity index (χ0v) is 13.3. The van der Waals surface area contributed by atoms with E-state index in [2.05, 4.69) is 10.2 Å². The number of nitrogens with one attached hydrogen (secondary N) is 1. The van der Waals surface area contributed by atoms with Crippen molar-refractivity contribution in [1.29, 1.82) is 0 Å². The second kappa shape index (κ2) is 8.35. The molecule has 0 saturated carbocycles. The minimum atomic E-state index is -2.88. The number of sulfone groups is 1. The summed E-state index contributed by atoms with van der Waals surface area (Å²) in [7, 11) is -0.888. The number of piperidine rings is 1. The summed E-state index contributed by atoms with van der Waals surface area (Å²) in [5, 5.41) is 2.96. The molecular weight excluding hydrogens is 272 g/mol. The fourth-order valence-corrected chi connectivity index (χ4v) is 3.18. The molecule has 0 atom stereocenters. The minimum Gasteiger partial charge on any atom is -0.319 e. The molecule has 1 fully saturated rings. The number of rotatable bonds is 6. The van der Waals surface area contributed by atoms with E-state index < -0.39 is 9.84 Å². The molecule has 1 aliphatic rings. The topological polar surface area (TPSA) is 49.4 Å². The summed E-state index contributed by atoms with van der Waals surface area (Å²) >= 11 is 0. The van der Waals surface area contributed by atoms with E-state index in [0.717, 1.165) is 25.6 Å². The average Bonchev–Trinajstić information content (AvgIpc) is 2.28. The fourth-order valence-electron chi connectivity index (χ4n) is 2.19. The lowest BCUT2D eigenvalue weighted by molar-refractivity contribution is 0.192. The highest BCUT2D eigenvalue weighted by Crippen LogP contribution is 2.16. The molecule has 1 rings (SSSR count). The van der Waals surface area contributed by atoms with Gasteiger partial charge in [0.05, 0.1) is 11.0 Å². The normalized spacial score (nSPS) is 18.9. The molecule has 1 N–H and O–H groups in total. The van der Waals surface area contributed by atoms with Crippen LogP contribution in [0.1, 0.15) is 26.7 Å². The Morgan fingerprint density at radius 3 is 2.28 bits per heavy atom. The number of hydrogen-bond donors (Lipinski definition) is 1. The minimum absolute atomic E-state index is 0. The maximum absolute atomic E-state index is 11.7. The Labute approximate surface area is 118 Å². The molecule has 0 aromatic carbocycles. The number of halogens is 1. The summed E-state index contributed by atoms with van der Waals surface area (Å²) in [5.74, 6) is 1.07. The molecule has 6 heteroatoms. The predicted octanol–water partition coefficient (Wildman–Crippen LogP) is 1.16. The van der Waals surface area contributed by atoms with Crippen LogP contribution < -0.4 is 5.32 Å². The van der Waals surface area contributed by atoms with E-state index in [9.17, 15) is 8.42 Å². The third-order valence-electron chi connectivity index (χ3n) is 3.61. The average molecular weight is 299 g/mol. The van der Waals surface area contributed by atoms with E-state index in [1.165, 1.54) is 12.8 Å². The van der Waals surface area contributed by atoms with Gasteiger partial charge in [0.15, 0.2) is 9.84 Å². The van der Waals surface area contributed by atoms with Gasteiger partial charge in [-0.2, -0.15) is 0 Å². The maximum Gasteiger partial charge on any atom is 0.153 e. The highest BCUT2D eigenvalue weighted by Gasteiger charge is 2.21. The molecule has 0 radical (unpaired) electrons. The van der Waals surface area contributed by atoms with Crippen LogP contribution >= 0.6 is 12.4 Å². The van der Waals surface area contributed by atoms with Crippen LogP contribution in [0.3, 0.4) is 0 Å². The molecule has 18 heavy (non-hydrogen) atoms. The van der Waals surface area contributed by atoms with Crippen LogP contribution in [-0.4, -0.2) is 57.5 Å². The van der Waals surface area contributed by atoms with Crippen molar-refractivity contribution < 1.29 is 8.42 Å². The van der Waals surface area contributed by atoms with Gasteiger partial charge in [-0.1, -0.05) is 0 Å². The first-order valence-corrected chi connectivity index (χ1v) is 8.25. The first-order valence-electron chi connectivity index (χ1n) is 6.54. The second-order valence-corrected chi connectivity index (χ2v) is 7.94. The molecule has 4 nitrogen and oxygen atoms in total. The molecule has 0 spiro atoms. The monoisotopic (exact) mass is 298 g/mol. The zero-order chi connectivity index (χ0) is 12.9. The van der Waals surface area contributed by atoms with Crippen molar-refractivity contribution in [3.63, 3.8) is 0 Å². The van der Waals surface area contributed by atoms with Gasteiger partial charge in [-0.3, -0.25) is 0 Å². The Bertz CT molecular complexity index is 312. The SMILES string of the molecule is CNCC1CCN(CCS(=O)(=O)C(C)C)CC1.Cl. The van der Waals surface area contributed by atoms with Crippen LogP contribution in [0.25, 0.3) is 0 Å². The Balaban J connectivity index is 0.00000289. The lowest BCUT2D eigenvalue weighted by Gasteiger charge is -2.31. The van der Waals surface area contributed by atoms with Crippen LogP contribution in [0.15, 0.2) is 0 Å². The highest BCUT2D eigenvalue weighted by molar-refractivity contribution is 7.92. The smallest absolute Gasteiger partial charge is 0.153 e. The third kappa shape index (κ3) is 5.87. The summed E-state index contributed by atoms with van der Waals surface area (Å²) in [6.45, 7) is 7.38. The molecule has 1 aliphatic heterocycles. The van der Waals surface area contributed by atoms with Gasteiger partial charge in [0, 0.05) is 6.54 Å². The Hall–Kier alpha value is 0.160. The standard InChI is InChI=1S/C12H26N2O2S.ClH/c1-11(2)17(15,16)9-8-14-6-4-12(5-7-14)10-13-3;/h11-13H,4-10H2,1-3H3;1H. The van der Waals surface area contributed by atoms with E-state index in [0.29, 0.717) is 12.3 Å². The summed E-state index contributed by atoms with van der Waals surface area (Å²) in [6, 6.07) is 0. The van der Waals surface area contributed by atoms with Gasteiger partial charge in [0.25, 0.3) is 0 Å². The van der Waals surface area contributed by atoms with E-state index in [4.69, 9.17) is 0 Å². The van der Waals surface area contributed by atoms with E-state index in [1.54, 1.807) is 13.8 Å². The van der Waals surface area contributed by atoms with E-state index in [1.807, 2.05) is 7.05 Å². The van der Waals surface area contributed by atoms with Crippen molar-refractivity contribution in [2.75, 3.05) is 39.0 Å². The van der Waals surface area contributed by atoms with Gasteiger partial charge in [-0.25, -0.2) is 8.42 Å². The van der Waals surface area contributed by atoms with Crippen molar-refractivity contribution in [1.82, 2.24) is 10.2 Å². The van der Waals surface area contributed by atoms with Gasteiger partial charge < -0.3 is 10.2 Å². The molecule has 110 valence electrons. The molecule has 0 unspecified atom stereocenters. The zero-order valence-electron chi connectivity index (χ0n) is 11.7. The first-order chi connectivity index (χ1) is 7.95. The van der Waals surface area contributed by atoms with Gasteiger partial charge >= 0.3 is 0 Å². The van der Waals surface area contributed by atoms with Gasteiger partial charge in [0.1, 0.15) is 0 Å². The van der Waals surface area contributed by atoms with E-state index in [-0.39, 0.29) is 17.7 Å². The van der Waals surface area contributed by atoms with Crippen LogP contribution in [0.4, 0.5) is 0 Å². The third-order valence-corrected chi connectivity index (χ3v) is 5.80. The second-order valence-electron chi connectivity index (χ2n) is 5.26. The van der Waals surface area contributed by atoms with Crippen molar-refractivity contribution in [3.05, 3.63) is 0 Å². The van der Waals surface area contributed by atoms with Crippen LogP contribution in [-0.2, 0) is 9.84 Å². The lowest BCUT2D eigenvalue weighted by atomic mass is 9.97. The molecule has 1 saturated heterocycles. The summed E-state index contributed by atoms with van der Waals surface area (Å²) in [4.78, 5) is 2.28. The molecular formula is C12H27ClN2O2S. The van der Waals surface area contributed by atoms with Crippen LogP contribution in [0, 0.1) is 5.92 Å². The lowest BCUT2D eigenvalue weighted by Crippen LogP contribution is -2.39. The first kappa shape index (κ1) is 18.2. The number of hydrogen-bond acceptors (Lipinski definition) is 4. The van der Waals surface area contributed by atoms with Gasteiger partial charge in [0.2, 0.25) is 0 Å². The summed E-state index contributed by atoms with van der Waals surface area (Å²) < 4.78 is 23.4. The predicted molar refractivity (Wildman–Crippen MR) is 79.3 cm³/mol. The van der Waals surface area contributed by atoms with Crippen molar-refractivity contribution in [2.24, 2.45) is 5.92 Å². The van der Waals surface area contributed by atoms with Gasteiger partial charge in [-0.15, -0.1) is 12.4 Å². The van der Waals surface area contributed by atoms with Gasteiger partial charge in [-0.05, 0) is 59.3 Å². The Morgan fingerprint density at radius 2 is 1.83 bits per heavy atom. The van der Waals surface area contributed by atoms with Crippen LogP contribution in [0.5, 0.6) is 0 Å². The highest BCUT2D eigenvalue weighted by atomic mass is 35.5. The van der Waals surface area contributed by atoms with Crippen molar-refractivity contribution in [3.8, 4) is 0 Å². The molecule has 1 heterocycles. The molecule has 0 amide bonds. The van der Waals surface area contributed by atoms with Crippen molar-refractivity contribution in [2.45, 2.75) is 31.9 Å². The summed E-state index contributed by atoms with van der Waals surface area (Å²) in [6.07, 6.45) is 2.37. The van der Waals surface area contributed by atoms with E-state index >= 15 is 0 Å². The molecule has 0 bridgehead atoms. The molecule has 0 aromatic rings. The summed E-state index contributed by atoms with van der Waals surface area (Å²) in [5.41, 5.74) is 0. The molecule has 0 aromatic heterocycles. The number of nitrogens with zero attached hydrogens (tertiary/aromatic N) is 1. The van der Waals surface area contributed by atoms with Crippen LogP contribution in [0.2, 0.25) is 0 Å². The Kier molecular flexibility index (Phi) is 8.43.